The Bertz CT molecular complexity index is 2380. The first-order chi connectivity index (χ1) is 29.2. The van der Waals surface area contributed by atoms with Crippen LogP contribution in [0.2, 0.25) is 0 Å². The third-order valence-corrected chi connectivity index (χ3v) is 17.3. The van der Waals surface area contributed by atoms with E-state index in [4.69, 9.17) is 25.4 Å². The third-order valence-electron chi connectivity index (χ3n) is 10.4. The highest BCUT2D eigenvalue weighted by atomic mass is 32.4. The molecule has 0 spiro atoms. The van der Waals surface area contributed by atoms with E-state index in [2.05, 4.69) is 105 Å². The molecule has 0 saturated carbocycles. The summed E-state index contributed by atoms with van der Waals surface area (Å²) in [6.07, 6.45) is 17.5. The molecule has 4 atom stereocenters. The van der Waals surface area contributed by atoms with E-state index in [9.17, 15) is 5.53 Å². The molecule has 4 unspecified atom stereocenters. The average Bonchev–Trinajstić information content (AvgIpc) is 3.52. The maximum atomic E-state index is 9.23. The lowest BCUT2D eigenvalue weighted by Gasteiger charge is -2.33. The minimum absolute atomic E-state index is 0.0192. The topological polar surface area (TPSA) is 92.0 Å². The van der Waals surface area contributed by atoms with Gasteiger partial charge in [-0.2, -0.15) is 0 Å². The summed E-state index contributed by atoms with van der Waals surface area (Å²) in [6, 6.07) is 37.2. The van der Waals surface area contributed by atoms with Gasteiger partial charge >= 0.3 is 15.1 Å². The van der Waals surface area contributed by atoms with Gasteiger partial charge in [0.25, 0.3) is 0 Å². The fourth-order valence-corrected chi connectivity index (χ4v) is 11.5. The molecule has 1 aliphatic rings. The van der Waals surface area contributed by atoms with Gasteiger partial charge in [-0.3, -0.25) is 4.52 Å². The van der Waals surface area contributed by atoms with E-state index in [0.717, 1.165) is 35.3 Å². The van der Waals surface area contributed by atoms with Crippen LogP contribution in [0.25, 0.3) is 39.8 Å². The highest BCUT2D eigenvalue weighted by Gasteiger charge is 2.42. The Kier molecular flexibility index (Phi) is 16.5. The second-order valence-electron chi connectivity index (χ2n) is 14.7. The molecule has 0 heterocycles. The largest absolute Gasteiger partial charge is 0.540 e. The van der Waals surface area contributed by atoms with Crippen molar-refractivity contribution in [2.75, 3.05) is 7.05 Å². The number of hydrogen-bond donors (Lipinski definition) is 0. The number of nitrogens with zero attached hydrogens (tertiary/aromatic N) is 5. The first-order valence-corrected chi connectivity index (χ1v) is 27.2. The molecule has 60 heavy (non-hydrogen) atoms. The van der Waals surface area contributed by atoms with Crippen LogP contribution >= 0.6 is 31.5 Å². The van der Waals surface area contributed by atoms with Gasteiger partial charge in [0.05, 0.1) is 13.3 Å². The van der Waals surface area contributed by atoms with Crippen molar-refractivity contribution in [3.05, 3.63) is 165 Å². The van der Waals surface area contributed by atoms with Crippen molar-refractivity contribution in [1.82, 2.24) is 4.78 Å². The fourth-order valence-electron chi connectivity index (χ4n) is 7.30. The van der Waals surface area contributed by atoms with Gasteiger partial charge in [0.1, 0.15) is 18.9 Å². The molecule has 1 aliphatic carbocycles. The normalized spacial score (nSPS) is 14.1. The quantitative estimate of drug-likeness (QED) is 0.0148. The molecule has 0 bridgehead atoms. The highest BCUT2D eigenvalue weighted by molar-refractivity contribution is 8.50. The Morgan fingerprint density at radius 1 is 0.750 bits per heavy atom. The first-order valence-electron chi connectivity index (χ1n) is 20.2. The smallest absolute Gasteiger partial charge is 0.435 e. The Morgan fingerprint density at radius 2 is 1.25 bits per heavy atom. The van der Waals surface area contributed by atoms with Crippen LogP contribution in [-0.4, -0.2) is 18.0 Å². The Morgan fingerprint density at radius 3 is 1.78 bits per heavy atom. The number of allylic oxidation sites excluding steroid dienone is 1. The molecule has 0 radical (unpaired) electrons. The van der Waals surface area contributed by atoms with Crippen LogP contribution in [0.15, 0.2) is 125 Å². The van der Waals surface area contributed by atoms with Gasteiger partial charge in [-0.25, -0.2) is 0 Å². The van der Waals surface area contributed by atoms with Crippen LogP contribution in [0.5, 0.6) is 17.2 Å². The molecule has 0 aliphatic heterocycles. The maximum absolute atomic E-state index is 9.23. The van der Waals surface area contributed by atoms with Gasteiger partial charge in [0.2, 0.25) is 11.8 Å². The van der Waals surface area contributed by atoms with Gasteiger partial charge in [-0.05, 0) is 125 Å². The van der Waals surface area contributed by atoms with Crippen molar-refractivity contribution >= 4 is 67.8 Å². The van der Waals surface area contributed by atoms with E-state index >= 15 is 0 Å². The second kappa shape index (κ2) is 21.9. The molecule has 0 fully saturated rings. The predicted octanol–water partition coefficient (Wildman–Crippen LogP) is 16.1. The standard InChI is InChI=1S/C47H52N5O3P4S/c1-6-9-30-47(31-10-7-2)45-32-37(11-8-3)20-28-43(45)44-29-21-38(33-46(44)47)15-14-36-16-24-41(25-17-36)54-59(57(56)51-50-48)55-42-26-18-39(19-27-42)34-49-52(5)58(60)53-40-22-12-35(4)13-23-40/h8,11-29,32-34H,6-7,9-10,30-31,56H2,1-5H3/q+1/b11-8+,15-14+,49-34+. The molecule has 8 nitrogen and oxygen atoms in total. The summed E-state index contributed by atoms with van der Waals surface area (Å²) in [4.78, 5) is 6.96. The van der Waals surface area contributed by atoms with Gasteiger partial charge in [-0.15, -0.1) is 5.10 Å². The number of hydrogen-bond acceptors (Lipinski definition) is 6. The van der Waals surface area contributed by atoms with E-state index in [1.165, 1.54) is 59.1 Å². The molecule has 5 aromatic rings. The van der Waals surface area contributed by atoms with E-state index < -0.39 is 22.6 Å². The first kappa shape index (κ1) is 45.1. The van der Waals surface area contributed by atoms with Crippen LogP contribution in [0.4, 0.5) is 0 Å². The summed E-state index contributed by atoms with van der Waals surface area (Å²) < 4.78 is 20.2. The lowest BCUT2D eigenvalue weighted by atomic mass is 9.70. The molecule has 0 amide bonds. The summed E-state index contributed by atoms with van der Waals surface area (Å²) in [5, 5.41) is 4.48. The summed E-state index contributed by atoms with van der Waals surface area (Å²) in [5.74, 6) is 1.94. The number of aryl methyl sites for hydroxylation is 1. The number of rotatable bonds is 20. The minimum Gasteiger partial charge on any atom is -0.435 e. The highest BCUT2D eigenvalue weighted by Crippen LogP contribution is 2.75. The fraction of sp³-hybridized carbons (Fsp3) is 0.255. The summed E-state index contributed by atoms with van der Waals surface area (Å²) >= 11 is 5.54. The molecule has 308 valence electrons. The van der Waals surface area contributed by atoms with Crippen LogP contribution in [-0.2, 0) is 17.2 Å². The van der Waals surface area contributed by atoms with E-state index in [1.54, 1.807) is 18.0 Å². The minimum atomic E-state index is -1.63. The van der Waals surface area contributed by atoms with Gasteiger partial charge in [0, 0.05) is 10.3 Å². The van der Waals surface area contributed by atoms with Crippen LogP contribution < -0.4 is 13.6 Å². The Balaban J connectivity index is 1.13. The second-order valence-corrected chi connectivity index (χ2v) is 23.5. The monoisotopic (exact) mass is 890 g/mol. The van der Waals surface area contributed by atoms with Crippen molar-refractivity contribution in [2.24, 2.45) is 9.99 Å². The lowest BCUT2D eigenvalue weighted by Crippen LogP contribution is -2.25. The number of unbranched alkanes of at least 4 members (excludes halogenated alkanes) is 2. The lowest BCUT2D eigenvalue weighted by molar-refractivity contribution is 0.414. The summed E-state index contributed by atoms with van der Waals surface area (Å²) in [7, 11) is 0.0326. The van der Waals surface area contributed by atoms with Crippen LogP contribution in [0.3, 0.4) is 0 Å². The van der Waals surface area contributed by atoms with E-state index in [1.807, 2.05) is 79.7 Å². The number of azide groups is 1. The third kappa shape index (κ3) is 11.5. The van der Waals surface area contributed by atoms with E-state index in [0.29, 0.717) is 11.5 Å². The van der Waals surface area contributed by atoms with Gasteiger partial charge in [0.15, 0.2) is 5.75 Å². The van der Waals surface area contributed by atoms with Crippen LogP contribution in [0.1, 0.15) is 98.2 Å². The van der Waals surface area contributed by atoms with Gasteiger partial charge in [-0.1, -0.05) is 149 Å². The summed E-state index contributed by atoms with van der Waals surface area (Å²) in [6.45, 7) is 8.71. The predicted molar refractivity (Wildman–Crippen MR) is 264 cm³/mol. The molecular weight excluding hydrogens is 839 g/mol. The number of benzene rings is 5. The van der Waals surface area contributed by atoms with Crippen molar-refractivity contribution in [1.29, 1.82) is 0 Å². The molecule has 6 rings (SSSR count). The zero-order valence-corrected chi connectivity index (χ0v) is 39.5. The molecule has 0 aromatic heterocycles. The Hall–Kier alpha value is -4.43. The zero-order chi connectivity index (χ0) is 42.5. The average molecular weight is 891 g/mol. The van der Waals surface area contributed by atoms with Crippen molar-refractivity contribution in [3.63, 3.8) is 0 Å². The maximum Gasteiger partial charge on any atom is 0.540 e. The molecular formula is C47H52N5O3P4S+. The van der Waals surface area contributed by atoms with Crippen molar-refractivity contribution < 1.29 is 13.6 Å². The SMILES string of the molecule is C/C=C/c1ccc2c(c1)C(CCCC)(CCCC)c1cc(/C=C/c3ccc(OP(Oc4ccc(/C=N/N(C)[P+](=S)Oc5ccc(C)cc5)cc4)P(P)N=[N+]=[N-])cc3)ccc1-2. The number of fused-ring (bicyclic) bond motifs is 3. The van der Waals surface area contributed by atoms with Crippen LogP contribution in [0, 0.1) is 6.92 Å². The molecule has 0 N–H and O–H groups in total. The van der Waals surface area contributed by atoms with Gasteiger partial charge < -0.3 is 9.05 Å². The summed E-state index contributed by atoms with van der Waals surface area (Å²) in [5.41, 5.74) is 20.5. The molecule has 13 heteroatoms. The molecule has 0 saturated heterocycles. The zero-order valence-electron chi connectivity index (χ0n) is 34.8. The van der Waals surface area contributed by atoms with Crippen molar-refractivity contribution in [3.8, 4) is 28.4 Å². The van der Waals surface area contributed by atoms with E-state index in [-0.39, 0.29) is 5.41 Å². The molecule has 5 aromatic carbocycles. The number of hydrazone groups is 1. The Labute approximate surface area is 366 Å². The van der Waals surface area contributed by atoms with Crippen molar-refractivity contribution in [2.45, 2.75) is 71.6 Å².